The average Bonchev–Trinajstić information content (AvgIpc) is 3.90. The zero-order valence-corrected chi connectivity index (χ0v) is 30.3. The molecule has 4 aromatic heterocycles. The van der Waals surface area contributed by atoms with Crippen LogP contribution in [0.25, 0.3) is 109 Å². The Labute approximate surface area is 319 Å². The lowest BCUT2D eigenvalue weighted by molar-refractivity contribution is 1.16. The number of rotatable bonds is 4. The van der Waals surface area contributed by atoms with E-state index in [-0.39, 0.29) is 0 Å². The van der Waals surface area contributed by atoms with Crippen LogP contribution in [0.5, 0.6) is 0 Å². The predicted octanol–water partition coefficient (Wildman–Crippen LogP) is 13.5. The first kappa shape index (κ1) is 30.4. The molecule has 0 fully saturated rings. The van der Waals surface area contributed by atoms with Crippen molar-refractivity contribution in [2.24, 2.45) is 0 Å². The molecule has 5 heteroatoms. The first-order valence-corrected chi connectivity index (χ1v) is 19.4. The van der Waals surface area contributed by atoms with Gasteiger partial charge in [0.25, 0.3) is 0 Å². The SMILES string of the molecule is c1ccc(-c2nc(-c3cccc(-n4c5ccccc5c5cc6c7c8sc9ccccc9c8ccc7n(-c7ccccc7)c6cc54)c3)nc3ccccc23)cc1. The maximum atomic E-state index is 5.22. The fourth-order valence-electron chi connectivity index (χ4n) is 8.68. The van der Waals surface area contributed by atoms with Crippen LogP contribution in [0.2, 0.25) is 0 Å². The Kier molecular flexibility index (Phi) is 6.47. The molecule has 4 heterocycles. The van der Waals surface area contributed by atoms with Crippen molar-refractivity contribution in [1.29, 1.82) is 0 Å². The van der Waals surface area contributed by atoms with Crippen LogP contribution in [0.3, 0.4) is 0 Å². The van der Waals surface area contributed by atoms with Gasteiger partial charge in [-0.25, -0.2) is 9.97 Å². The molecule has 12 rings (SSSR count). The summed E-state index contributed by atoms with van der Waals surface area (Å²) in [4.78, 5) is 10.3. The van der Waals surface area contributed by atoms with Crippen molar-refractivity contribution in [3.63, 3.8) is 0 Å². The van der Waals surface area contributed by atoms with E-state index < -0.39 is 0 Å². The third kappa shape index (κ3) is 4.51. The highest BCUT2D eigenvalue weighted by Gasteiger charge is 2.21. The number of hydrogen-bond donors (Lipinski definition) is 0. The van der Waals surface area contributed by atoms with Gasteiger partial charge in [0.05, 0.1) is 33.3 Å². The van der Waals surface area contributed by atoms with E-state index in [1.165, 1.54) is 52.8 Å². The molecule has 4 nitrogen and oxygen atoms in total. The van der Waals surface area contributed by atoms with Crippen molar-refractivity contribution in [1.82, 2.24) is 19.1 Å². The molecule has 8 aromatic carbocycles. The van der Waals surface area contributed by atoms with Crippen LogP contribution in [-0.2, 0) is 0 Å². The van der Waals surface area contributed by atoms with Crippen LogP contribution >= 0.6 is 11.3 Å². The molecular weight excluding hydrogens is 689 g/mol. The van der Waals surface area contributed by atoms with Crippen molar-refractivity contribution in [3.05, 3.63) is 182 Å². The fraction of sp³-hybridized carbons (Fsp3) is 0. The number of benzene rings is 8. The molecule has 55 heavy (non-hydrogen) atoms. The number of nitrogens with zero attached hydrogens (tertiary/aromatic N) is 4. The Morgan fingerprint density at radius 1 is 0.382 bits per heavy atom. The highest BCUT2D eigenvalue weighted by atomic mass is 32.1. The Hall–Kier alpha value is -7.08. The number of para-hydroxylation sites is 3. The van der Waals surface area contributed by atoms with Crippen molar-refractivity contribution < 1.29 is 0 Å². The molecule has 0 aliphatic rings. The maximum Gasteiger partial charge on any atom is 0.160 e. The molecule has 0 amide bonds. The Morgan fingerprint density at radius 2 is 1.05 bits per heavy atom. The van der Waals surface area contributed by atoms with Gasteiger partial charge >= 0.3 is 0 Å². The third-order valence-electron chi connectivity index (χ3n) is 11.1. The topological polar surface area (TPSA) is 35.6 Å². The Bertz CT molecular complexity index is 3480. The third-order valence-corrected chi connectivity index (χ3v) is 12.3. The summed E-state index contributed by atoms with van der Waals surface area (Å²) in [5.74, 6) is 0.708. The van der Waals surface area contributed by atoms with E-state index in [1.807, 2.05) is 23.5 Å². The molecule has 0 unspecified atom stereocenters. The smallest absolute Gasteiger partial charge is 0.160 e. The molecule has 0 saturated heterocycles. The second kappa shape index (κ2) is 11.7. The molecule has 0 spiro atoms. The summed E-state index contributed by atoms with van der Waals surface area (Å²) in [7, 11) is 0. The number of thiophene rings is 1. The van der Waals surface area contributed by atoms with Crippen molar-refractivity contribution >= 4 is 86.0 Å². The summed E-state index contributed by atoms with van der Waals surface area (Å²) in [5, 5.41) is 8.69. The lowest BCUT2D eigenvalue weighted by atomic mass is 10.1. The molecule has 0 aliphatic carbocycles. The first-order valence-electron chi connectivity index (χ1n) is 18.6. The normalized spacial score (nSPS) is 12.0. The van der Waals surface area contributed by atoms with E-state index in [4.69, 9.17) is 9.97 Å². The van der Waals surface area contributed by atoms with Crippen LogP contribution < -0.4 is 0 Å². The van der Waals surface area contributed by atoms with Gasteiger partial charge in [-0.2, -0.15) is 0 Å². The van der Waals surface area contributed by atoms with E-state index in [1.54, 1.807) is 0 Å². The summed E-state index contributed by atoms with van der Waals surface area (Å²) >= 11 is 1.89. The average molecular weight is 719 g/mol. The van der Waals surface area contributed by atoms with Gasteiger partial charge < -0.3 is 9.13 Å². The standard InChI is InChI=1S/C50H30N4S/c1-3-14-31(15-4-1)48-38-22-7-10-23-41(38)51-50(52-48)32-16-13-19-34(28-32)54-42-24-11-8-20-35(42)39-29-40-45(30-44(39)54)53(33-17-5-2-6-18-33)43-27-26-37-36-21-9-12-25-46(36)55-49(37)47(40)43/h1-30H. The minimum absolute atomic E-state index is 0.708. The van der Waals surface area contributed by atoms with E-state index in [9.17, 15) is 0 Å². The number of aromatic nitrogens is 4. The van der Waals surface area contributed by atoms with Crippen LogP contribution in [0.15, 0.2) is 182 Å². The fourth-order valence-corrected chi connectivity index (χ4v) is 9.94. The van der Waals surface area contributed by atoms with Crippen molar-refractivity contribution in [3.8, 4) is 34.0 Å². The largest absolute Gasteiger partial charge is 0.309 e. The molecule has 0 aliphatic heterocycles. The number of fused-ring (bicyclic) bond motifs is 11. The Balaban J connectivity index is 1.15. The van der Waals surface area contributed by atoms with Gasteiger partial charge in [-0.05, 0) is 60.7 Å². The van der Waals surface area contributed by atoms with Gasteiger partial charge in [0.15, 0.2) is 5.82 Å². The highest BCUT2D eigenvalue weighted by Crippen LogP contribution is 2.45. The molecule has 0 atom stereocenters. The van der Waals surface area contributed by atoms with E-state index in [0.717, 1.165) is 50.1 Å². The molecule has 0 saturated carbocycles. The summed E-state index contributed by atoms with van der Waals surface area (Å²) < 4.78 is 7.50. The summed E-state index contributed by atoms with van der Waals surface area (Å²) in [6, 6.07) is 65.2. The molecular formula is C50H30N4S. The summed E-state index contributed by atoms with van der Waals surface area (Å²) in [6.07, 6.45) is 0. The maximum absolute atomic E-state index is 5.22. The lowest BCUT2D eigenvalue weighted by Gasteiger charge is -2.12. The quantitative estimate of drug-likeness (QED) is 0.182. The molecule has 0 bridgehead atoms. The van der Waals surface area contributed by atoms with Crippen molar-refractivity contribution in [2.75, 3.05) is 0 Å². The molecule has 0 N–H and O–H groups in total. The van der Waals surface area contributed by atoms with Crippen LogP contribution in [0.1, 0.15) is 0 Å². The monoisotopic (exact) mass is 718 g/mol. The zero-order chi connectivity index (χ0) is 36.0. The second-order valence-corrected chi connectivity index (χ2v) is 15.2. The minimum atomic E-state index is 0.708. The Morgan fingerprint density at radius 3 is 1.93 bits per heavy atom. The predicted molar refractivity (Wildman–Crippen MR) is 232 cm³/mol. The minimum Gasteiger partial charge on any atom is -0.309 e. The van der Waals surface area contributed by atoms with Crippen LogP contribution in [-0.4, -0.2) is 19.1 Å². The van der Waals surface area contributed by atoms with Gasteiger partial charge in [-0.1, -0.05) is 121 Å². The first-order chi connectivity index (χ1) is 27.3. The highest BCUT2D eigenvalue weighted by molar-refractivity contribution is 7.26. The molecule has 0 radical (unpaired) electrons. The van der Waals surface area contributed by atoms with E-state index >= 15 is 0 Å². The molecule has 256 valence electrons. The van der Waals surface area contributed by atoms with Crippen molar-refractivity contribution in [2.45, 2.75) is 0 Å². The zero-order valence-electron chi connectivity index (χ0n) is 29.5. The van der Waals surface area contributed by atoms with E-state index in [0.29, 0.717) is 5.82 Å². The van der Waals surface area contributed by atoms with Crippen LogP contribution in [0.4, 0.5) is 0 Å². The lowest BCUT2D eigenvalue weighted by Crippen LogP contribution is -1.98. The summed E-state index contributed by atoms with van der Waals surface area (Å²) in [5.41, 5.74) is 10.8. The van der Waals surface area contributed by atoms with E-state index in [2.05, 4.69) is 179 Å². The molecule has 12 aromatic rings. The van der Waals surface area contributed by atoms with Gasteiger partial charge in [-0.3, -0.25) is 0 Å². The van der Waals surface area contributed by atoms with Gasteiger partial charge in [-0.15, -0.1) is 11.3 Å². The van der Waals surface area contributed by atoms with Crippen LogP contribution in [0, 0.1) is 0 Å². The summed E-state index contributed by atoms with van der Waals surface area (Å²) in [6.45, 7) is 0. The second-order valence-electron chi connectivity index (χ2n) is 14.2. The number of hydrogen-bond acceptors (Lipinski definition) is 3. The van der Waals surface area contributed by atoms with Gasteiger partial charge in [0.2, 0.25) is 0 Å². The van der Waals surface area contributed by atoms with Gasteiger partial charge in [0, 0.05) is 69.6 Å². The van der Waals surface area contributed by atoms with Gasteiger partial charge in [0.1, 0.15) is 0 Å².